The summed E-state index contributed by atoms with van der Waals surface area (Å²) >= 11 is 1.81. The maximum Gasteiger partial charge on any atom is 0.103 e. The summed E-state index contributed by atoms with van der Waals surface area (Å²) in [5.41, 5.74) is 1.14. The minimum absolute atomic E-state index is 0.415. The molecule has 2 aromatic heterocycles. The van der Waals surface area contributed by atoms with Crippen LogP contribution in [0.4, 0.5) is 0 Å². The van der Waals surface area contributed by atoms with Crippen molar-refractivity contribution in [2.24, 2.45) is 5.92 Å². The highest BCUT2D eigenvalue weighted by Crippen LogP contribution is 2.25. The lowest BCUT2D eigenvalue weighted by atomic mass is 10.0. The molecule has 0 fully saturated rings. The van der Waals surface area contributed by atoms with Crippen LogP contribution in [0.15, 0.2) is 23.7 Å². The van der Waals surface area contributed by atoms with Gasteiger partial charge in [0.05, 0.1) is 0 Å². The van der Waals surface area contributed by atoms with Crippen molar-refractivity contribution < 1.29 is 0 Å². The van der Waals surface area contributed by atoms with Gasteiger partial charge in [0.25, 0.3) is 0 Å². The highest BCUT2D eigenvalue weighted by molar-refractivity contribution is 7.10. The van der Waals surface area contributed by atoms with Gasteiger partial charge in [0.15, 0.2) is 0 Å². The van der Waals surface area contributed by atoms with Crippen LogP contribution in [0.1, 0.15) is 36.3 Å². The zero-order chi connectivity index (χ0) is 12.3. The van der Waals surface area contributed by atoms with Crippen molar-refractivity contribution in [1.29, 1.82) is 0 Å². The number of hydrogen-bond donors (Lipinski definition) is 2. The standard InChI is InChI=1S/C13H19N3S/c1-9(2)13(12-5-4-6-17-12)15-8-11-7-14-10(3)16-11/h4-7,9,13,15H,8H2,1-3H3,(H,14,16). The van der Waals surface area contributed by atoms with Crippen LogP contribution < -0.4 is 5.32 Å². The van der Waals surface area contributed by atoms with Crippen LogP contribution in [0.5, 0.6) is 0 Å². The Morgan fingerprint density at radius 1 is 1.47 bits per heavy atom. The second-order valence-electron chi connectivity index (χ2n) is 4.61. The van der Waals surface area contributed by atoms with E-state index in [9.17, 15) is 0 Å². The molecule has 0 saturated carbocycles. The van der Waals surface area contributed by atoms with Crippen molar-refractivity contribution in [3.8, 4) is 0 Å². The molecule has 0 amide bonds. The first kappa shape index (κ1) is 12.3. The molecule has 1 atom stereocenters. The van der Waals surface area contributed by atoms with Crippen molar-refractivity contribution in [2.75, 3.05) is 0 Å². The average molecular weight is 249 g/mol. The maximum absolute atomic E-state index is 4.21. The van der Waals surface area contributed by atoms with Crippen molar-refractivity contribution in [2.45, 2.75) is 33.4 Å². The number of rotatable bonds is 5. The summed E-state index contributed by atoms with van der Waals surface area (Å²) in [6.07, 6.45) is 1.90. The second-order valence-corrected chi connectivity index (χ2v) is 5.59. The molecule has 2 N–H and O–H groups in total. The van der Waals surface area contributed by atoms with Crippen LogP contribution >= 0.6 is 11.3 Å². The van der Waals surface area contributed by atoms with Gasteiger partial charge >= 0.3 is 0 Å². The lowest BCUT2D eigenvalue weighted by Crippen LogP contribution is -2.24. The Bertz CT molecular complexity index is 445. The average Bonchev–Trinajstić information content (AvgIpc) is 2.90. The van der Waals surface area contributed by atoms with Crippen LogP contribution in [0.2, 0.25) is 0 Å². The fourth-order valence-electron chi connectivity index (χ4n) is 1.91. The molecule has 4 heteroatoms. The van der Waals surface area contributed by atoms with Crippen molar-refractivity contribution in [1.82, 2.24) is 15.3 Å². The molecular formula is C13H19N3S. The fourth-order valence-corrected chi connectivity index (χ4v) is 2.89. The van der Waals surface area contributed by atoms with E-state index in [2.05, 4.69) is 46.6 Å². The highest BCUT2D eigenvalue weighted by Gasteiger charge is 2.16. The summed E-state index contributed by atoms with van der Waals surface area (Å²) < 4.78 is 0. The Kier molecular flexibility index (Phi) is 3.97. The minimum Gasteiger partial charge on any atom is -0.345 e. The van der Waals surface area contributed by atoms with E-state index < -0.39 is 0 Å². The van der Waals surface area contributed by atoms with Crippen LogP contribution in [-0.2, 0) is 6.54 Å². The first-order valence-electron chi connectivity index (χ1n) is 5.94. The zero-order valence-corrected chi connectivity index (χ0v) is 11.3. The summed E-state index contributed by atoms with van der Waals surface area (Å²) in [7, 11) is 0. The van der Waals surface area contributed by atoms with E-state index >= 15 is 0 Å². The summed E-state index contributed by atoms with van der Waals surface area (Å²) in [5, 5.41) is 5.72. The molecule has 0 aliphatic carbocycles. The van der Waals surface area contributed by atoms with E-state index in [0.717, 1.165) is 18.1 Å². The molecule has 2 rings (SSSR count). The Balaban J connectivity index is 1.99. The molecule has 2 heterocycles. The fraction of sp³-hybridized carbons (Fsp3) is 0.462. The highest BCUT2D eigenvalue weighted by atomic mass is 32.1. The van der Waals surface area contributed by atoms with E-state index in [4.69, 9.17) is 0 Å². The van der Waals surface area contributed by atoms with Crippen molar-refractivity contribution in [3.63, 3.8) is 0 Å². The van der Waals surface area contributed by atoms with Gasteiger partial charge in [-0.25, -0.2) is 4.98 Å². The molecular weight excluding hydrogens is 230 g/mol. The minimum atomic E-state index is 0.415. The molecule has 0 bridgehead atoms. The predicted octanol–water partition coefficient (Wildman–Crippen LogP) is 3.27. The molecule has 0 radical (unpaired) electrons. The molecule has 0 aliphatic heterocycles. The largest absolute Gasteiger partial charge is 0.345 e. The smallest absolute Gasteiger partial charge is 0.103 e. The monoisotopic (exact) mass is 249 g/mol. The first-order valence-corrected chi connectivity index (χ1v) is 6.82. The predicted molar refractivity (Wildman–Crippen MR) is 72.1 cm³/mol. The number of hydrogen-bond acceptors (Lipinski definition) is 3. The van der Waals surface area contributed by atoms with Gasteiger partial charge in [-0.1, -0.05) is 19.9 Å². The number of aromatic amines is 1. The van der Waals surface area contributed by atoms with E-state index in [-0.39, 0.29) is 0 Å². The quantitative estimate of drug-likeness (QED) is 0.854. The van der Waals surface area contributed by atoms with Gasteiger partial charge in [-0.2, -0.15) is 0 Å². The molecule has 0 saturated heterocycles. The second kappa shape index (κ2) is 5.47. The Hall–Kier alpha value is -1.13. The Morgan fingerprint density at radius 3 is 2.82 bits per heavy atom. The van der Waals surface area contributed by atoms with E-state index in [1.807, 2.05) is 24.5 Å². The van der Waals surface area contributed by atoms with Crippen LogP contribution in [-0.4, -0.2) is 9.97 Å². The molecule has 2 aromatic rings. The van der Waals surface area contributed by atoms with Crippen molar-refractivity contribution in [3.05, 3.63) is 40.1 Å². The summed E-state index contributed by atoms with van der Waals surface area (Å²) in [5.74, 6) is 1.55. The van der Waals surface area contributed by atoms with E-state index in [1.54, 1.807) is 0 Å². The number of aromatic nitrogens is 2. The molecule has 3 nitrogen and oxygen atoms in total. The van der Waals surface area contributed by atoms with E-state index in [0.29, 0.717) is 12.0 Å². The molecule has 0 spiro atoms. The molecule has 92 valence electrons. The van der Waals surface area contributed by atoms with Crippen LogP contribution in [0.25, 0.3) is 0 Å². The molecule has 17 heavy (non-hydrogen) atoms. The van der Waals surface area contributed by atoms with Gasteiger partial charge < -0.3 is 10.3 Å². The number of nitrogens with one attached hydrogen (secondary N) is 2. The Morgan fingerprint density at radius 2 is 2.29 bits per heavy atom. The van der Waals surface area contributed by atoms with Crippen LogP contribution in [0.3, 0.4) is 0 Å². The number of H-pyrrole nitrogens is 1. The number of thiophene rings is 1. The third kappa shape index (κ3) is 3.17. The van der Waals surface area contributed by atoms with Gasteiger partial charge in [-0.15, -0.1) is 11.3 Å². The maximum atomic E-state index is 4.21. The summed E-state index contributed by atoms with van der Waals surface area (Å²) in [4.78, 5) is 8.85. The number of aryl methyl sites for hydroxylation is 1. The summed E-state index contributed by atoms with van der Waals surface area (Å²) in [6.45, 7) is 7.30. The summed E-state index contributed by atoms with van der Waals surface area (Å²) in [6, 6.07) is 4.72. The number of nitrogens with zero attached hydrogens (tertiary/aromatic N) is 1. The van der Waals surface area contributed by atoms with Crippen LogP contribution in [0, 0.1) is 12.8 Å². The van der Waals surface area contributed by atoms with E-state index in [1.165, 1.54) is 4.88 Å². The van der Waals surface area contributed by atoms with Gasteiger partial charge in [0.1, 0.15) is 5.82 Å². The normalized spacial score (nSPS) is 13.2. The SMILES string of the molecule is Cc1ncc(CNC(c2cccs2)C(C)C)[nH]1. The third-order valence-corrected chi connectivity index (χ3v) is 3.74. The molecule has 0 aromatic carbocycles. The topological polar surface area (TPSA) is 40.7 Å². The van der Waals surface area contributed by atoms with Gasteiger partial charge in [-0.05, 0) is 24.3 Å². The van der Waals surface area contributed by atoms with Gasteiger partial charge in [0, 0.05) is 29.4 Å². The van der Waals surface area contributed by atoms with Gasteiger partial charge in [-0.3, -0.25) is 0 Å². The number of imidazole rings is 1. The van der Waals surface area contributed by atoms with Crippen molar-refractivity contribution >= 4 is 11.3 Å². The Labute approximate surface area is 106 Å². The van der Waals surface area contributed by atoms with Gasteiger partial charge in [0.2, 0.25) is 0 Å². The molecule has 1 unspecified atom stereocenters. The lowest BCUT2D eigenvalue weighted by Gasteiger charge is -2.20. The third-order valence-electron chi connectivity index (χ3n) is 2.78. The zero-order valence-electron chi connectivity index (χ0n) is 10.5. The first-order chi connectivity index (χ1) is 8.16. The molecule has 0 aliphatic rings. The lowest BCUT2D eigenvalue weighted by molar-refractivity contribution is 0.414.